The second-order valence-electron chi connectivity index (χ2n) is 9.28. The molecule has 8 nitrogen and oxygen atoms in total. The summed E-state index contributed by atoms with van der Waals surface area (Å²) in [5, 5.41) is 11.5. The maximum atomic E-state index is 13.2. The first-order valence-electron chi connectivity index (χ1n) is 11.0. The van der Waals surface area contributed by atoms with Gasteiger partial charge in [-0.3, -0.25) is 4.79 Å². The van der Waals surface area contributed by atoms with Crippen molar-refractivity contribution in [2.75, 3.05) is 5.32 Å². The molecule has 0 aliphatic carbocycles. The van der Waals surface area contributed by atoms with Crippen molar-refractivity contribution in [1.29, 1.82) is 5.41 Å². The van der Waals surface area contributed by atoms with Gasteiger partial charge in [0.05, 0.1) is 22.7 Å². The molecule has 0 radical (unpaired) electrons. The number of benzene rings is 1. The summed E-state index contributed by atoms with van der Waals surface area (Å²) in [7, 11) is 0. The molecule has 0 fully saturated rings. The van der Waals surface area contributed by atoms with E-state index in [9.17, 15) is 9.59 Å². The van der Waals surface area contributed by atoms with Gasteiger partial charge in [-0.2, -0.15) is 0 Å². The van der Waals surface area contributed by atoms with Crippen LogP contribution in [0.2, 0.25) is 5.15 Å². The van der Waals surface area contributed by atoms with Gasteiger partial charge in [-0.25, -0.2) is 9.78 Å². The number of fused-ring (bicyclic) bond motifs is 1. The van der Waals surface area contributed by atoms with E-state index in [0.29, 0.717) is 33.4 Å². The number of allylic oxidation sites excluding steroid dienone is 1. The zero-order valence-electron chi connectivity index (χ0n) is 20.6. The number of carbonyl (C=O) groups excluding carboxylic acids is 1. The van der Waals surface area contributed by atoms with Crippen LogP contribution >= 0.6 is 11.6 Å². The number of nitrogens with two attached hydrogens (primary N) is 1. The Morgan fingerprint density at radius 3 is 2.57 bits per heavy atom. The summed E-state index contributed by atoms with van der Waals surface area (Å²) in [5.74, 6) is -0.378. The fourth-order valence-corrected chi connectivity index (χ4v) is 3.85. The highest BCUT2D eigenvalue weighted by Gasteiger charge is 2.24. The van der Waals surface area contributed by atoms with Crippen molar-refractivity contribution in [2.24, 2.45) is 5.73 Å². The van der Waals surface area contributed by atoms with E-state index in [1.165, 1.54) is 6.20 Å². The van der Waals surface area contributed by atoms with E-state index in [4.69, 9.17) is 31.9 Å². The molecule has 3 rings (SSSR count). The van der Waals surface area contributed by atoms with Crippen molar-refractivity contribution < 1.29 is 13.9 Å². The minimum atomic E-state index is -0.711. The number of carbonyl (C=O) groups is 1. The molecule has 0 amide bonds. The summed E-state index contributed by atoms with van der Waals surface area (Å²) in [5.41, 5.74) is 7.78. The number of pyridine rings is 1. The highest BCUT2D eigenvalue weighted by Crippen LogP contribution is 2.31. The minimum absolute atomic E-state index is 0.0476. The number of nitrogens with one attached hydrogen (secondary N) is 2. The van der Waals surface area contributed by atoms with E-state index in [1.54, 1.807) is 45.9 Å². The SMILES string of the molecule is Cc1cc(C(C)Nc2ccc(Cl)nc2C(=O)OC(C)(C)C)c2oc(/C(C=N)=C/N)c(C)c(=O)c2c1. The largest absolute Gasteiger partial charge is 0.455 e. The molecule has 1 unspecified atom stereocenters. The van der Waals surface area contributed by atoms with Crippen LogP contribution in [0.25, 0.3) is 16.5 Å². The average molecular weight is 497 g/mol. The van der Waals surface area contributed by atoms with E-state index in [-0.39, 0.29) is 22.0 Å². The maximum Gasteiger partial charge on any atom is 0.359 e. The number of halogens is 1. The summed E-state index contributed by atoms with van der Waals surface area (Å²) in [6, 6.07) is 6.47. The Kier molecular flexibility index (Phi) is 7.36. The number of aryl methyl sites for hydroxylation is 1. The summed E-state index contributed by atoms with van der Waals surface area (Å²) in [6.45, 7) is 10.7. The highest BCUT2D eigenvalue weighted by atomic mass is 35.5. The molecule has 35 heavy (non-hydrogen) atoms. The fourth-order valence-electron chi connectivity index (χ4n) is 3.70. The van der Waals surface area contributed by atoms with Crippen molar-refractivity contribution in [3.8, 4) is 0 Å². The number of rotatable bonds is 6. The molecule has 9 heteroatoms. The van der Waals surface area contributed by atoms with Crippen LogP contribution in [-0.2, 0) is 4.74 Å². The molecule has 0 saturated heterocycles. The monoisotopic (exact) mass is 496 g/mol. The fraction of sp³-hybridized carbons (Fsp3) is 0.308. The number of anilines is 1. The lowest BCUT2D eigenvalue weighted by molar-refractivity contribution is 0.00640. The molecular formula is C26H29ClN4O4. The second-order valence-corrected chi connectivity index (χ2v) is 9.67. The summed E-state index contributed by atoms with van der Waals surface area (Å²) in [4.78, 5) is 30.2. The Hall–Kier alpha value is -3.65. The Bertz CT molecular complexity index is 1400. The molecule has 1 aromatic carbocycles. The van der Waals surface area contributed by atoms with Crippen LogP contribution in [0.1, 0.15) is 66.7 Å². The van der Waals surface area contributed by atoms with Crippen LogP contribution in [0, 0.1) is 19.3 Å². The van der Waals surface area contributed by atoms with Gasteiger partial charge < -0.3 is 25.6 Å². The molecule has 0 bridgehead atoms. The van der Waals surface area contributed by atoms with Gasteiger partial charge in [-0.1, -0.05) is 17.7 Å². The average Bonchev–Trinajstić information content (AvgIpc) is 2.77. The van der Waals surface area contributed by atoms with Crippen molar-refractivity contribution in [1.82, 2.24) is 4.98 Å². The van der Waals surface area contributed by atoms with Gasteiger partial charge in [0.15, 0.2) is 11.1 Å². The maximum absolute atomic E-state index is 13.2. The quantitative estimate of drug-likeness (QED) is 0.232. The molecule has 184 valence electrons. The molecule has 0 saturated carbocycles. The number of aromatic nitrogens is 1. The van der Waals surface area contributed by atoms with Gasteiger partial charge in [-0.15, -0.1) is 0 Å². The van der Waals surface area contributed by atoms with E-state index in [0.717, 1.165) is 11.8 Å². The van der Waals surface area contributed by atoms with Gasteiger partial charge in [0, 0.05) is 23.5 Å². The Balaban J connectivity index is 2.15. The van der Waals surface area contributed by atoms with Crippen LogP contribution in [-0.4, -0.2) is 22.8 Å². The first-order valence-corrected chi connectivity index (χ1v) is 11.4. The van der Waals surface area contributed by atoms with Crippen molar-refractivity contribution in [3.63, 3.8) is 0 Å². The number of ether oxygens (including phenoxy) is 1. The third kappa shape index (κ3) is 5.54. The first-order chi connectivity index (χ1) is 16.4. The third-order valence-corrected chi connectivity index (χ3v) is 5.49. The van der Waals surface area contributed by atoms with Crippen LogP contribution in [0.3, 0.4) is 0 Å². The first kappa shape index (κ1) is 26.0. The second kappa shape index (κ2) is 9.92. The van der Waals surface area contributed by atoms with Gasteiger partial charge in [0.2, 0.25) is 0 Å². The molecule has 0 aliphatic heterocycles. The van der Waals surface area contributed by atoms with Crippen molar-refractivity contribution >= 4 is 46.0 Å². The molecule has 2 aromatic heterocycles. The molecule has 0 spiro atoms. The number of hydrogen-bond donors (Lipinski definition) is 3. The lowest BCUT2D eigenvalue weighted by atomic mass is 9.99. The van der Waals surface area contributed by atoms with Crippen LogP contribution < -0.4 is 16.5 Å². The predicted molar refractivity (Wildman–Crippen MR) is 139 cm³/mol. The number of hydrogen-bond acceptors (Lipinski definition) is 8. The Morgan fingerprint density at radius 1 is 1.29 bits per heavy atom. The predicted octanol–water partition coefficient (Wildman–Crippen LogP) is 5.54. The molecular weight excluding hydrogens is 468 g/mol. The smallest absolute Gasteiger partial charge is 0.359 e. The van der Waals surface area contributed by atoms with E-state index < -0.39 is 17.6 Å². The Labute approximate surface area is 208 Å². The van der Waals surface area contributed by atoms with E-state index in [1.807, 2.05) is 19.9 Å². The topological polar surface area (TPSA) is 131 Å². The lowest BCUT2D eigenvalue weighted by Gasteiger charge is -2.22. The molecule has 3 aromatic rings. The molecule has 2 heterocycles. The van der Waals surface area contributed by atoms with Gasteiger partial charge in [-0.05, 0) is 65.3 Å². The van der Waals surface area contributed by atoms with Crippen molar-refractivity contribution in [3.05, 3.63) is 74.0 Å². The third-order valence-electron chi connectivity index (χ3n) is 5.28. The van der Waals surface area contributed by atoms with Gasteiger partial charge in [0.25, 0.3) is 0 Å². The van der Waals surface area contributed by atoms with Crippen LogP contribution in [0.4, 0.5) is 5.69 Å². The zero-order chi connectivity index (χ0) is 26.1. The van der Waals surface area contributed by atoms with Crippen LogP contribution in [0.5, 0.6) is 0 Å². The van der Waals surface area contributed by atoms with Crippen LogP contribution in [0.15, 0.2) is 39.7 Å². The summed E-state index contributed by atoms with van der Waals surface area (Å²) >= 11 is 6.06. The Morgan fingerprint density at radius 2 is 1.97 bits per heavy atom. The van der Waals surface area contributed by atoms with E-state index >= 15 is 0 Å². The molecule has 1 atom stereocenters. The normalized spacial score (nSPS) is 12.9. The minimum Gasteiger partial charge on any atom is -0.455 e. The standard InChI is InChI=1S/C26H29ClN4O4/c1-13-9-17(24-18(10-13)22(32)14(2)23(34-24)16(11-28)12-29)15(3)30-19-7-8-20(27)31-21(19)25(33)35-26(4,5)6/h7-12,15,28,30H,29H2,1-6H3/b16-12+,28-11?. The lowest BCUT2D eigenvalue weighted by Crippen LogP contribution is -2.25. The molecule has 4 N–H and O–H groups in total. The van der Waals surface area contributed by atoms with Crippen molar-refractivity contribution in [2.45, 2.75) is 53.2 Å². The number of nitrogens with zero attached hydrogens (tertiary/aromatic N) is 1. The van der Waals surface area contributed by atoms with E-state index in [2.05, 4.69) is 10.3 Å². The van der Waals surface area contributed by atoms with Gasteiger partial charge >= 0.3 is 5.97 Å². The summed E-state index contributed by atoms with van der Waals surface area (Å²) in [6.07, 6.45) is 2.27. The van der Waals surface area contributed by atoms with Gasteiger partial charge in [0.1, 0.15) is 22.1 Å². The highest BCUT2D eigenvalue weighted by molar-refractivity contribution is 6.29. The zero-order valence-corrected chi connectivity index (χ0v) is 21.3. The summed E-state index contributed by atoms with van der Waals surface area (Å²) < 4.78 is 11.6. The number of esters is 1. The molecule has 0 aliphatic rings.